The molecule has 1 amide bonds. The molecule has 1 fully saturated rings. The number of ether oxygens (including phenoxy) is 1. The van der Waals surface area contributed by atoms with E-state index in [-0.39, 0.29) is 0 Å². The van der Waals surface area contributed by atoms with Gasteiger partial charge in [-0.1, -0.05) is 0 Å². The van der Waals surface area contributed by atoms with Crippen molar-refractivity contribution in [2.75, 3.05) is 13.1 Å². The van der Waals surface area contributed by atoms with Gasteiger partial charge in [0, 0.05) is 12.6 Å². The molecule has 1 unspecified atom stereocenters. The summed E-state index contributed by atoms with van der Waals surface area (Å²) in [5.41, 5.74) is 5.00. The minimum absolute atomic E-state index is 0.308. The summed E-state index contributed by atoms with van der Waals surface area (Å²) in [6, 6.07) is 0.308. The summed E-state index contributed by atoms with van der Waals surface area (Å²) in [5.74, 6) is 0. The number of rotatable bonds is 2. The Morgan fingerprint density at radius 3 is 2.71 bits per heavy atom. The van der Waals surface area contributed by atoms with Gasteiger partial charge in [-0.2, -0.15) is 0 Å². The van der Waals surface area contributed by atoms with E-state index in [0.29, 0.717) is 6.04 Å². The van der Waals surface area contributed by atoms with Crippen molar-refractivity contribution in [1.29, 1.82) is 0 Å². The summed E-state index contributed by atoms with van der Waals surface area (Å²) in [4.78, 5) is 11.2. The highest BCUT2D eigenvalue weighted by Crippen LogP contribution is 2.06. The van der Waals surface area contributed by atoms with Crippen LogP contribution in [0.5, 0.6) is 0 Å². The molecular formula is C9H19N3O2. The molecule has 0 aliphatic carbocycles. The Bertz CT molecular complexity index is 195. The maximum absolute atomic E-state index is 11.2. The van der Waals surface area contributed by atoms with Crippen LogP contribution in [0.4, 0.5) is 4.79 Å². The van der Waals surface area contributed by atoms with Crippen LogP contribution in [0.1, 0.15) is 27.2 Å². The van der Waals surface area contributed by atoms with Crippen LogP contribution in [0.25, 0.3) is 0 Å². The van der Waals surface area contributed by atoms with Crippen LogP contribution in [-0.4, -0.2) is 30.8 Å². The third-order valence-corrected chi connectivity index (χ3v) is 1.84. The molecule has 1 aliphatic rings. The van der Waals surface area contributed by atoms with Crippen LogP contribution >= 0.6 is 0 Å². The highest BCUT2D eigenvalue weighted by molar-refractivity contribution is 5.67. The van der Waals surface area contributed by atoms with E-state index in [9.17, 15) is 4.79 Å². The first-order valence-corrected chi connectivity index (χ1v) is 4.92. The van der Waals surface area contributed by atoms with E-state index in [4.69, 9.17) is 4.74 Å². The van der Waals surface area contributed by atoms with Crippen molar-refractivity contribution in [2.24, 2.45) is 0 Å². The molecule has 0 aromatic heterocycles. The maximum atomic E-state index is 11.2. The molecular weight excluding hydrogens is 182 g/mol. The Morgan fingerprint density at radius 1 is 1.50 bits per heavy atom. The fourth-order valence-corrected chi connectivity index (χ4v) is 1.24. The fraction of sp³-hybridized carbons (Fsp3) is 0.889. The average Bonchev–Trinajstić information content (AvgIpc) is 2.49. The van der Waals surface area contributed by atoms with Gasteiger partial charge < -0.3 is 10.1 Å². The van der Waals surface area contributed by atoms with Crippen molar-refractivity contribution in [1.82, 2.24) is 16.2 Å². The molecule has 0 saturated carbocycles. The molecule has 3 N–H and O–H groups in total. The standard InChI is InChI=1S/C9H19N3O2/c1-9(2,3)14-8(13)12-11-7-4-5-10-6-7/h7,10-11H,4-6H2,1-3H3,(H,12,13). The van der Waals surface area contributed by atoms with Gasteiger partial charge in [0.15, 0.2) is 0 Å². The Balaban J connectivity index is 2.14. The fourth-order valence-electron chi connectivity index (χ4n) is 1.24. The van der Waals surface area contributed by atoms with Crippen LogP contribution in [0.15, 0.2) is 0 Å². The van der Waals surface area contributed by atoms with Gasteiger partial charge in [0.25, 0.3) is 0 Å². The smallest absolute Gasteiger partial charge is 0.422 e. The Kier molecular flexibility index (Phi) is 3.71. The van der Waals surface area contributed by atoms with E-state index in [1.54, 1.807) is 0 Å². The van der Waals surface area contributed by atoms with Crippen molar-refractivity contribution < 1.29 is 9.53 Å². The van der Waals surface area contributed by atoms with Crippen molar-refractivity contribution >= 4 is 6.09 Å². The molecule has 0 aromatic carbocycles. The highest BCUT2D eigenvalue weighted by Gasteiger charge is 2.18. The first kappa shape index (κ1) is 11.3. The lowest BCUT2D eigenvalue weighted by Crippen LogP contribution is -2.47. The number of amides is 1. The molecule has 5 heteroatoms. The van der Waals surface area contributed by atoms with Gasteiger partial charge in [0.2, 0.25) is 0 Å². The summed E-state index contributed by atoms with van der Waals surface area (Å²) >= 11 is 0. The SMILES string of the molecule is CC(C)(C)OC(=O)NNC1CCNC1. The van der Waals surface area contributed by atoms with Gasteiger partial charge in [-0.25, -0.2) is 10.2 Å². The van der Waals surface area contributed by atoms with E-state index < -0.39 is 11.7 Å². The van der Waals surface area contributed by atoms with Crippen LogP contribution in [0.2, 0.25) is 0 Å². The number of hydrogen-bond acceptors (Lipinski definition) is 4. The predicted molar refractivity (Wildman–Crippen MR) is 53.8 cm³/mol. The lowest BCUT2D eigenvalue weighted by atomic mass is 10.2. The van der Waals surface area contributed by atoms with Crippen molar-refractivity contribution in [3.05, 3.63) is 0 Å². The average molecular weight is 201 g/mol. The van der Waals surface area contributed by atoms with E-state index >= 15 is 0 Å². The van der Waals surface area contributed by atoms with Crippen LogP contribution in [0, 0.1) is 0 Å². The summed E-state index contributed by atoms with van der Waals surface area (Å²) in [5, 5.41) is 3.19. The second kappa shape index (κ2) is 4.61. The minimum Gasteiger partial charge on any atom is -0.443 e. The number of nitrogens with one attached hydrogen (secondary N) is 3. The van der Waals surface area contributed by atoms with Gasteiger partial charge in [0.1, 0.15) is 5.60 Å². The summed E-state index contributed by atoms with van der Waals surface area (Å²) < 4.78 is 5.06. The normalized spacial score (nSPS) is 22.1. The zero-order chi connectivity index (χ0) is 10.6. The highest BCUT2D eigenvalue weighted by atomic mass is 16.6. The monoisotopic (exact) mass is 201 g/mol. The third-order valence-electron chi connectivity index (χ3n) is 1.84. The number of carbonyl (C=O) groups excluding carboxylic acids is 1. The second-order valence-electron chi connectivity index (χ2n) is 4.46. The van der Waals surface area contributed by atoms with Crippen LogP contribution in [-0.2, 0) is 4.74 Å². The van der Waals surface area contributed by atoms with Gasteiger partial charge in [-0.05, 0) is 33.7 Å². The minimum atomic E-state index is -0.445. The maximum Gasteiger partial charge on any atom is 0.422 e. The zero-order valence-corrected chi connectivity index (χ0v) is 9.02. The Morgan fingerprint density at radius 2 is 2.21 bits per heavy atom. The topological polar surface area (TPSA) is 62.4 Å². The van der Waals surface area contributed by atoms with Crippen LogP contribution in [0.3, 0.4) is 0 Å². The molecule has 1 heterocycles. The van der Waals surface area contributed by atoms with Crippen molar-refractivity contribution in [2.45, 2.75) is 38.8 Å². The Labute approximate surface area is 84.5 Å². The van der Waals surface area contributed by atoms with E-state index in [2.05, 4.69) is 16.2 Å². The third kappa shape index (κ3) is 4.43. The quantitative estimate of drug-likeness (QED) is 0.565. The van der Waals surface area contributed by atoms with Gasteiger partial charge in [-0.15, -0.1) is 0 Å². The van der Waals surface area contributed by atoms with Gasteiger partial charge in [-0.3, -0.25) is 5.43 Å². The second-order valence-corrected chi connectivity index (χ2v) is 4.46. The van der Waals surface area contributed by atoms with E-state index in [0.717, 1.165) is 19.5 Å². The largest absolute Gasteiger partial charge is 0.443 e. The Hall–Kier alpha value is -0.810. The molecule has 14 heavy (non-hydrogen) atoms. The van der Waals surface area contributed by atoms with E-state index in [1.165, 1.54) is 0 Å². The first-order chi connectivity index (χ1) is 6.47. The molecule has 1 rings (SSSR count). The van der Waals surface area contributed by atoms with Crippen molar-refractivity contribution in [3.63, 3.8) is 0 Å². The molecule has 0 spiro atoms. The van der Waals surface area contributed by atoms with Gasteiger partial charge in [0.05, 0.1) is 0 Å². The lowest BCUT2D eigenvalue weighted by Gasteiger charge is -2.20. The van der Waals surface area contributed by atoms with Gasteiger partial charge >= 0.3 is 6.09 Å². The summed E-state index contributed by atoms with van der Waals surface area (Å²) in [6.45, 7) is 7.39. The molecule has 0 radical (unpaired) electrons. The summed E-state index contributed by atoms with van der Waals surface area (Å²) in [7, 11) is 0. The molecule has 1 saturated heterocycles. The predicted octanol–water partition coefficient (Wildman–Crippen LogP) is 0.378. The molecule has 1 aliphatic heterocycles. The van der Waals surface area contributed by atoms with Crippen LogP contribution < -0.4 is 16.2 Å². The number of carbonyl (C=O) groups is 1. The first-order valence-electron chi connectivity index (χ1n) is 4.92. The molecule has 0 bridgehead atoms. The molecule has 1 atom stereocenters. The van der Waals surface area contributed by atoms with E-state index in [1.807, 2.05) is 20.8 Å². The molecule has 82 valence electrons. The lowest BCUT2D eigenvalue weighted by molar-refractivity contribution is 0.0489. The summed E-state index contributed by atoms with van der Waals surface area (Å²) in [6.07, 6.45) is 0.597. The van der Waals surface area contributed by atoms with Crippen molar-refractivity contribution in [3.8, 4) is 0 Å². The molecule has 5 nitrogen and oxygen atoms in total. The molecule has 0 aromatic rings. The zero-order valence-electron chi connectivity index (χ0n) is 9.02. The number of hydrogen-bond donors (Lipinski definition) is 3. The number of hydrazine groups is 1.